The van der Waals surface area contributed by atoms with Gasteiger partial charge in [-0.1, -0.05) is 12.1 Å². The molecule has 1 aliphatic rings. The minimum Gasteiger partial charge on any atom is -0.380 e. The number of rotatable bonds is 9. The Morgan fingerprint density at radius 3 is 2.39 bits per heavy atom. The average Bonchev–Trinajstić information content (AvgIpc) is 2.90. The van der Waals surface area contributed by atoms with Gasteiger partial charge in [-0.15, -0.1) is 0 Å². The van der Waals surface area contributed by atoms with Crippen LogP contribution in [0.1, 0.15) is 29.8 Å². The summed E-state index contributed by atoms with van der Waals surface area (Å²) < 4.78 is 53.9. The summed E-state index contributed by atoms with van der Waals surface area (Å²) in [6.07, 6.45) is 1.31. The lowest BCUT2D eigenvalue weighted by Crippen LogP contribution is -2.50. The molecule has 0 saturated carbocycles. The molecule has 202 valence electrons. The van der Waals surface area contributed by atoms with Crippen LogP contribution in [0.2, 0.25) is 0 Å². The number of pyridine rings is 1. The molecule has 0 atom stereocenters. The van der Waals surface area contributed by atoms with Gasteiger partial charge in [0.15, 0.2) is 11.6 Å². The van der Waals surface area contributed by atoms with Crippen LogP contribution in [0, 0.1) is 11.6 Å². The number of aromatic nitrogens is 1. The van der Waals surface area contributed by atoms with Gasteiger partial charge in [0.1, 0.15) is 5.82 Å². The molecule has 1 saturated heterocycles. The highest BCUT2D eigenvalue weighted by Gasteiger charge is 2.29. The third kappa shape index (κ3) is 6.03. The van der Waals surface area contributed by atoms with Gasteiger partial charge < -0.3 is 21.3 Å². The molecule has 4 N–H and O–H groups in total. The molecule has 0 radical (unpaired) electrons. The zero-order valence-electron chi connectivity index (χ0n) is 21.1. The zero-order valence-corrected chi connectivity index (χ0v) is 21.9. The standard InChI is InChI=1S/C26H30F2N6O3S/c1-17(2)38(36,37)34-12-10-33(11-13-34)20-8-6-19(7-9-20)32-24-14-23(21(16-31-24)26(29)35)30-15-18-4-3-5-22(27)25(18)28/h3-9,14,16-17H,10-13,15H2,1-2H3,(H2,29,35)(H2,30,31,32). The van der Waals surface area contributed by atoms with Crippen LogP contribution in [-0.4, -0.2) is 55.0 Å². The number of nitrogens with one attached hydrogen (secondary N) is 2. The summed E-state index contributed by atoms with van der Waals surface area (Å²) in [5.74, 6) is -2.21. The fraction of sp³-hybridized carbons (Fsp3) is 0.308. The minimum absolute atomic E-state index is 0.0617. The maximum atomic E-state index is 14.0. The van der Waals surface area contributed by atoms with E-state index in [1.165, 1.54) is 18.3 Å². The van der Waals surface area contributed by atoms with Crippen molar-refractivity contribution in [3.8, 4) is 0 Å². The number of carbonyl (C=O) groups excluding carboxylic acids is 1. The Bertz CT molecular complexity index is 1410. The number of sulfonamides is 1. The summed E-state index contributed by atoms with van der Waals surface area (Å²) in [6, 6.07) is 13.0. The maximum Gasteiger partial charge on any atom is 0.252 e. The van der Waals surface area contributed by atoms with E-state index in [2.05, 4.69) is 20.5 Å². The van der Waals surface area contributed by atoms with Gasteiger partial charge in [-0.2, -0.15) is 4.31 Å². The van der Waals surface area contributed by atoms with Crippen molar-refractivity contribution in [2.24, 2.45) is 5.73 Å². The number of nitrogens with zero attached hydrogens (tertiary/aromatic N) is 3. The van der Waals surface area contributed by atoms with Gasteiger partial charge in [-0.05, 0) is 44.2 Å². The van der Waals surface area contributed by atoms with Gasteiger partial charge in [0.05, 0.1) is 16.5 Å². The first kappa shape index (κ1) is 27.3. The van der Waals surface area contributed by atoms with E-state index in [1.807, 2.05) is 24.3 Å². The molecule has 4 rings (SSSR count). The number of amides is 1. The predicted octanol–water partition coefficient (Wildman–Crippen LogP) is 3.67. The lowest BCUT2D eigenvalue weighted by Gasteiger charge is -2.36. The monoisotopic (exact) mass is 544 g/mol. The van der Waals surface area contributed by atoms with Crippen LogP contribution < -0.4 is 21.3 Å². The number of anilines is 4. The number of carbonyl (C=O) groups is 1. The van der Waals surface area contributed by atoms with Crippen LogP contribution in [0.4, 0.5) is 31.7 Å². The topological polar surface area (TPSA) is 121 Å². The third-order valence-electron chi connectivity index (χ3n) is 6.37. The molecular formula is C26H30F2N6O3S. The van der Waals surface area contributed by atoms with E-state index in [0.29, 0.717) is 37.7 Å². The predicted molar refractivity (Wildman–Crippen MR) is 144 cm³/mol. The van der Waals surface area contributed by atoms with Gasteiger partial charge in [-0.3, -0.25) is 4.79 Å². The number of hydrogen-bond acceptors (Lipinski definition) is 7. The maximum absolute atomic E-state index is 14.0. The Labute approximate surface area is 220 Å². The second-order valence-corrected chi connectivity index (χ2v) is 11.7. The molecule has 3 aromatic rings. The van der Waals surface area contributed by atoms with Crippen molar-refractivity contribution in [1.29, 1.82) is 0 Å². The fourth-order valence-corrected chi connectivity index (χ4v) is 5.41. The third-order valence-corrected chi connectivity index (χ3v) is 8.65. The van der Waals surface area contributed by atoms with E-state index >= 15 is 0 Å². The highest BCUT2D eigenvalue weighted by atomic mass is 32.2. The molecule has 38 heavy (non-hydrogen) atoms. The van der Waals surface area contributed by atoms with Gasteiger partial charge in [0.25, 0.3) is 5.91 Å². The molecule has 1 aliphatic heterocycles. The minimum atomic E-state index is -3.26. The van der Waals surface area contributed by atoms with Crippen LogP contribution >= 0.6 is 0 Å². The van der Waals surface area contributed by atoms with E-state index < -0.39 is 32.8 Å². The largest absolute Gasteiger partial charge is 0.380 e. The number of primary amides is 1. The van der Waals surface area contributed by atoms with E-state index in [9.17, 15) is 22.0 Å². The van der Waals surface area contributed by atoms with Crippen molar-refractivity contribution >= 4 is 38.8 Å². The first-order valence-corrected chi connectivity index (χ1v) is 13.6. The SMILES string of the molecule is CC(C)S(=O)(=O)N1CCN(c2ccc(Nc3cc(NCc4cccc(F)c4F)c(C(N)=O)cn3)cc2)CC1. The van der Waals surface area contributed by atoms with Gasteiger partial charge in [0, 0.05) is 61.9 Å². The summed E-state index contributed by atoms with van der Waals surface area (Å²) in [6.45, 7) is 5.37. The summed E-state index contributed by atoms with van der Waals surface area (Å²) in [4.78, 5) is 18.2. The Balaban J connectivity index is 1.43. The molecule has 1 amide bonds. The van der Waals surface area contributed by atoms with Gasteiger partial charge in [-0.25, -0.2) is 22.2 Å². The zero-order chi connectivity index (χ0) is 27.4. The number of piperazine rings is 1. The van der Waals surface area contributed by atoms with Gasteiger partial charge in [0.2, 0.25) is 10.0 Å². The Kier molecular flexibility index (Phi) is 8.12. The van der Waals surface area contributed by atoms with Crippen molar-refractivity contribution in [3.05, 3.63) is 77.5 Å². The number of nitrogens with two attached hydrogens (primary N) is 1. The lowest BCUT2D eigenvalue weighted by molar-refractivity contribution is 0.100. The molecule has 0 spiro atoms. The van der Waals surface area contributed by atoms with Crippen molar-refractivity contribution in [2.45, 2.75) is 25.6 Å². The molecule has 0 bridgehead atoms. The second-order valence-electron chi connectivity index (χ2n) is 9.20. The van der Waals surface area contributed by atoms with E-state index in [-0.39, 0.29) is 17.7 Å². The van der Waals surface area contributed by atoms with E-state index in [0.717, 1.165) is 17.4 Å². The summed E-state index contributed by atoms with van der Waals surface area (Å²) >= 11 is 0. The van der Waals surface area contributed by atoms with Crippen molar-refractivity contribution in [3.63, 3.8) is 0 Å². The Morgan fingerprint density at radius 2 is 1.76 bits per heavy atom. The molecule has 1 fully saturated rings. The van der Waals surface area contributed by atoms with Crippen LogP contribution in [0.25, 0.3) is 0 Å². The van der Waals surface area contributed by atoms with Crippen LogP contribution in [-0.2, 0) is 16.6 Å². The van der Waals surface area contributed by atoms with Gasteiger partial charge >= 0.3 is 0 Å². The van der Waals surface area contributed by atoms with Crippen LogP contribution in [0.5, 0.6) is 0 Å². The Hall–Kier alpha value is -3.77. The molecule has 0 aliphatic carbocycles. The normalized spacial score (nSPS) is 14.5. The lowest BCUT2D eigenvalue weighted by atomic mass is 10.1. The molecule has 12 heteroatoms. The summed E-state index contributed by atoms with van der Waals surface area (Å²) in [5.41, 5.74) is 7.70. The first-order valence-electron chi connectivity index (χ1n) is 12.1. The average molecular weight is 545 g/mol. The number of benzene rings is 2. The van der Waals surface area contributed by atoms with Crippen molar-refractivity contribution in [2.75, 3.05) is 41.7 Å². The quantitative estimate of drug-likeness (QED) is 0.376. The van der Waals surface area contributed by atoms with Crippen molar-refractivity contribution in [1.82, 2.24) is 9.29 Å². The molecule has 2 heterocycles. The van der Waals surface area contributed by atoms with E-state index in [4.69, 9.17) is 5.73 Å². The molecule has 9 nitrogen and oxygen atoms in total. The van der Waals surface area contributed by atoms with E-state index in [1.54, 1.807) is 24.2 Å². The summed E-state index contributed by atoms with van der Waals surface area (Å²) in [5, 5.41) is 5.65. The highest BCUT2D eigenvalue weighted by molar-refractivity contribution is 7.89. The van der Waals surface area contributed by atoms with Crippen LogP contribution in [0.15, 0.2) is 54.7 Å². The summed E-state index contributed by atoms with van der Waals surface area (Å²) in [7, 11) is -3.26. The molecule has 2 aromatic carbocycles. The second kappa shape index (κ2) is 11.3. The Morgan fingerprint density at radius 1 is 1.08 bits per heavy atom. The first-order chi connectivity index (χ1) is 18.1. The number of halogens is 2. The molecular weight excluding hydrogens is 514 g/mol. The smallest absolute Gasteiger partial charge is 0.252 e. The fourth-order valence-electron chi connectivity index (χ4n) is 4.14. The van der Waals surface area contributed by atoms with Crippen LogP contribution in [0.3, 0.4) is 0 Å². The van der Waals surface area contributed by atoms with Crippen molar-refractivity contribution < 1.29 is 22.0 Å². The molecule has 0 unspecified atom stereocenters. The molecule has 1 aromatic heterocycles. The number of hydrogen-bond donors (Lipinski definition) is 3. The highest BCUT2D eigenvalue weighted by Crippen LogP contribution is 2.25.